The van der Waals surface area contributed by atoms with Crippen LogP contribution in [-0.2, 0) is 0 Å². The van der Waals surface area contributed by atoms with E-state index in [1.807, 2.05) is 30.6 Å². The van der Waals surface area contributed by atoms with Crippen LogP contribution in [0.15, 0.2) is 41.7 Å². The molecule has 2 heterocycles. The third-order valence-corrected chi connectivity index (χ3v) is 2.76. The van der Waals surface area contributed by atoms with Gasteiger partial charge in [-0.05, 0) is 42.1 Å². The molecule has 0 amide bonds. The monoisotopic (exact) mass is 195 g/mol. The van der Waals surface area contributed by atoms with Gasteiger partial charge < -0.3 is 4.72 Å². The summed E-state index contributed by atoms with van der Waals surface area (Å²) in [5.74, 6) is 0. The molecule has 1 N–H and O–H groups in total. The smallest absolute Gasteiger partial charge is 0.0617 e. The van der Waals surface area contributed by atoms with E-state index in [4.69, 9.17) is 0 Å². The van der Waals surface area contributed by atoms with E-state index in [9.17, 15) is 0 Å². The molecule has 0 aromatic heterocycles. The lowest BCUT2D eigenvalue weighted by Crippen LogP contribution is -2.09. The summed E-state index contributed by atoms with van der Waals surface area (Å²) < 4.78 is 5.09. The number of nitrogens with one attached hydrogen (secondary N) is 1. The first-order valence-electron chi connectivity index (χ1n) is 3.46. The second kappa shape index (κ2) is 3.78. The van der Waals surface area contributed by atoms with Gasteiger partial charge in [0.1, 0.15) is 0 Å². The molecular weight excluding hydrogens is 188 g/mol. The van der Waals surface area contributed by atoms with Crippen LogP contribution in [0, 0.1) is 5.41 Å². The summed E-state index contributed by atoms with van der Waals surface area (Å²) in [5, 5.41) is 5.12. The van der Waals surface area contributed by atoms with Crippen molar-refractivity contribution in [2.45, 2.75) is 0 Å². The molecule has 1 radical (unpaired) electrons. The molecule has 0 aromatic carbocycles. The van der Waals surface area contributed by atoms with E-state index in [-0.39, 0.29) is 0 Å². The van der Waals surface area contributed by atoms with Gasteiger partial charge in [-0.1, -0.05) is 0 Å². The van der Waals surface area contributed by atoms with E-state index < -0.39 is 0 Å². The first-order chi connectivity index (χ1) is 5.97. The fourth-order valence-corrected chi connectivity index (χ4v) is 2.03. The summed E-state index contributed by atoms with van der Waals surface area (Å²) in [4.78, 5) is 0. The average Bonchev–Trinajstić information content (AvgIpc) is 2.21. The van der Waals surface area contributed by atoms with Gasteiger partial charge in [-0.25, -0.2) is 0 Å². The van der Waals surface area contributed by atoms with Crippen LogP contribution in [0.1, 0.15) is 0 Å². The molecule has 0 atom stereocenters. The lowest BCUT2D eigenvalue weighted by molar-refractivity contribution is 0.801. The van der Waals surface area contributed by atoms with Gasteiger partial charge in [0.25, 0.3) is 0 Å². The Morgan fingerprint density at radius 3 is 3.17 bits per heavy atom. The van der Waals surface area contributed by atoms with Gasteiger partial charge in [-0.15, -0.1) is 0 Å². The van der Waals surface area contributed by atoms with Crippen LogP contribution in [0.4, 0.5) is 0 Å². The van der Waals surface area contributed by atoms with E-state index in [2.05, 4.69) is 19.8 Å². The minimum atomic E-state index is 1.17. The molecule has 2 nitrogen and oxygen atoms in total. The lowest BCUT2D eigenvalue weighted by Gasteiger charge is -2.20. The zero-order valence-electron chi connectivity index (χ0n) is 6.23. The van der Waals surface area contributed by atoms with Gasteiger partial charge in [0.15, 0.2) is 0 Å². The summed E-state index contributed by atoms with van der Waals surface area (Å²) in [6.45, 7) is 0. The molecule has 0 fully saturated rings. The normalized spacial score (nSPS) is 20.7. The van der Waals surface area contributed by atoms with Gasteiger partial charge >= 0.3 is 0 Å². The van der Waals surface area contributed by atoms with Crippen molar-refractivity contribution in [3.8, 4) is 0 Å². The molecule has 0 unspecified atom stereocenters. The molecule has 0 aromatic rings. The van der Waals surface area contributed by atoms with Crippen molar-refractivity contribution < 1.29 is 0 Å². The van der Waals surface area contributed by atoms with Crippen LogP contribution in [0.5, 0.6) is 0 Å². The van der Waals surface area contributed by atoms with Crippen molar-refractivity contribution in [3.05, 3.63) is 47.1 Å². The Balaban J connectivity index is 2.09. The molecular formula is C8H7N2S2. The highest BCUT2D eigenvalue weighted by Gasteiger charge is 2.06. The Labute approximate surface area is 80.4 Å². The first kappa shape index (κ1) is 7.89. The fraction of sp³-hybridized carbons (Fsp3) is 0. The Morgan fingerprint density at radius 1 is 1.50 bits per heavy atom. The molecule has 61 valence electrons. The van der Waals surface area contributed by atoms with Crippen molar-refractivity contribution in [1.82, 2.24) is 9.03 Å². The summed E-state index contributed by atoms with van der Waals surface area (Å²) in [5.41, 5.74) is 1.17. The Hall–Kier alpha value is -0.740. The predicted molar refractivity (Wildman–Crippen MR) is 54.3 cm³/mol. The zero-order chi connectivity index (χ0) is 8.23. The van der Waals surface area contributed by atoms with Crippen LogP contribution in [0.3, 0.4) is 0 Å². The van der Waals surface area contributed by atoms with Gasteiger partial charge in [0.05, 0.1) is 5.70 Å². The van der Waals surface area contributed by atoms with Gasteiger partial charge in [-0.2, -0.15) is 0 Å². The third-order valence-electron chi connectivity index (χ3n) is 1.36. The van der Waals surface area contributed by atoms with Crippen molar-refractivity contribution >= 4 is 23.9 Å². The van der Waals surface area contributed by atoms with Gasteiger partial charge in [0, 0.05) is 23.2 Å². The maximum Gasteiger partial charge on any atom is 0.0617 e. The molecule has 0 saturated carbocycles. The molecule has 0 saturated heterocycles. The fourth-order valence-electron chi connectivity index (χ4n) is 0.835. The number of hydrogen-bond donors (Lipinski definition) is 1. The molecule has 2 aliphatic rings. The van der Waals surface area contributed by atoms with E-state index in [1.54, 1.807) is 23.9 Å². The molecule has 2 aliphatic heterocycles. The summed E-state index contributed by atoms with van der Waals surface area (Å²) in [6, 6.07) is 0. The predicted octanol–water partition coefficient (Wildman–Crippen LogP) is 2.39. The minimum absolute atomic E-state index is 1.17. The maximum absolute atomic E-state index is 3.06. The molecule has 0 bridgehead atoms. The largest absolute Gasteiger partial charge is 0.333 e. The second-order valence-electron chi connectivity index (χ2n) is 2.15. The van der Waals surface area contributed by atoms with Gasteiger partial charge in [0.2, 0.25) is 0 Å². The van der Waals surface area contributed by atoms with Crippen LogP contribution >= 0.6 is 23.9 Å². The lowest BCUT2D eigenvalue weighted by atomic mass is 10.4. The number of nitrogens with zero attached hydrogens (tertiary/aromatic N) is 1. The van der Waals surface area contributed by atoms with Crippen molar-refractivity contribution in [3.63, 3.8) is 0 Å². The molecule has 12 heavy (non-hydrogen) atoms. The quantitative estimate of drug-likeness (QED) is 0.646. The highest BCUT2D eigenvalue weighted by atomic mass is 32.2. The van der Waals surface area contributed by atoms with E-state index in [0.29, 0.717) is 0 Å². The third kappa shape index (κ3) is 1.70. The summed E-state index contributed by atoms with van der Waals surface area (Å²) >= 11 is 3.12. The summed E-state index contributed by atoms with van der Waals surface area (Å²) in [6.07, 6.45) is 9.84. The average molecular weight is 195 g/mol. The van der Waals surface area contributed by atoms with Crippen molar-refractivity contribution in [2.75, 3.05) is 0 Å². The van der Waals surface area contributed by atoms with E-state index in [0.717, 1.165) is 0 Å². The van der Waals surface area contributed by atoms with Crippen LogP contribution in [0.25, 0.3) is 0 Å². The van der Waals surface area contributed by atoms with Crippen LogP contribution in [0.2, 0.25) is 0 Å². The zero-order valence-corrected chi connectivity index (χ0v) is 7.86. The van der Waals surface area contributed by atoms with E-state index in [1.165, 1.54) is 5.70 Å². The summed E-state index contributed by atoms with van der Waals surface area (Å²) in [7, 11) is 0. The number of allylic oxidation sites excluding steroid dienone is 3. The Kier molecular flexibility index (Phi) is 2.48. The molecule has 4 heteroatoms. The molecule has 0 spiro atoms. The number of hydrogen-bond acceptors (Lipinski definition) is 4. The van der Waals surface area contributed by atoms with Crippen LogP contribution in [-0.4, -0.2) is 4.31 Å². The maximum atomic E-state index is 3.06. The van der Waals surface area contributed by atoms with Gasteiger partial charge in [-0.3, -0.25) is 4.31 Å². The standard InChI is InChI=1S/C8H7N2S2/c1-2-6-12-10(5-1)8-3-4-9-11-7-8/h1-5,7,9H. The first-order valence-corrected chi connectivity index (χ1v) is 5.12. The Bertz CT molecular complexity index is 279. The highest BCUT2D eigenvalue weighted by Crippen LogP contribution is 2.25. The van der Waals surface area contributed by atoms with E-state index >= 15 is 0 Å². The van der Waals surface area contributed by atoms with Crippen molar-refractivity contribution in [2.24, 2.45) is 0 Å². The minimum Gasteiger partial charge on any atom is -0.333 e. The number of rotatable bonds is 1. The Morgan fingerprint density at radius 2 is 2.50 bits per heavy atom. The second-order valence-corrected chi connectivity index (χ2v) is 3.67. The van der Waals surface area contributed by atoms with Crippen molar-refractivity contribution in [1.29, 1.82) is 0 Å². The van der Waals surface area contributed by atoms with Crippen LogP contribution < -0.4 is 4.72 Å². The topological polar surface area (TPSA) is 15.3 Å². The highest BCUT2D eigenvalue weighted by molar-refractivity contribution is 8.00. The molecule has 0 aliphatic carbocycles. The SMILES string of the molecule is [C]1=CC=CN(C2=CSNC=C2)S1. The molecule has 2 rings (SSSR count).